The number of nitrogens with zero attached hydrogens (tertiary/aromatic N) is 1. The van der Waals surface area contributed by atoms with E-state index in [0.717, 1.165) is 37.6 Å². The largest absolute Gasteiger partial charge is 0.467 e. The molecule has 1 aromatic heterocycles. The predicted octanol–water partition coefficient (Wildman–Crippen LogP) is 4.71. The molecule has 180 valence electrons. The minimum atomic E-state index is -4.85. The monoisotopic (exact) mass is 477 g/mol. The smallest absolute Gasteiger partial charge is 0.418 e. The Bertz CT molecular complexity index is 974. The normalized spacial score (nSPS) is 13.9. The highest BCUT2D eigenvalue weighted by Crippen LogP contribution is 2.36. The number of amides is 2. The van der Waals surface area contributed by atoms with Crippen molar-refractivity contribution in [2.24, 2.45) is 5.92 Å². The number of hydrogen-bond acceptors (Lipinski definition) is 4. The summed E-state index contributed by atoms with van der Waals surface area (Å²) in [5.74, 6) is -1.20. The van der Waals surface area contributed by atoms with Gasteiger partial charge in [-0.2, -0.15) is 26.3 Å². The lowest BCUT2D eigenvalue weighted by Gasteiger charge is -2.25. The molecular weight excluding hydrogens is 456 g/mol. The topological polar surface area (TPSA) is 80.3 Å². The Morgan fingerprint density at radius 2 is 1.55 bits per heavy atom. The van der Waals surface area contributed by atoms with Crippen LogP contribution < -0.4 is 10.6 Å². The van der Waals surface area contributed by atoms with Crippen LogP contribution in [-0.2, 0) is 21.9 Å². The molecule has 0 bridgehead atoms. The first-order chi connectivity index (χ1) is 15.3. The highest BCUT2D eigenvalue weighted by molar-refractivity contribution is 5.84. The quantitative estimate of drug-likeness (QED) is 0.467. The summed E-state index contributed by atoms with van der Waals surface area (Å²) in [4.78, 5) is 28.2. The molecule has 2 atom stereocenters. The molecule has 1 unspecified atom stereocenters. The molecule has 2 amide bonds. The number of rotatable bonds is 6. The number of carbonyl (C=O) groups excluding carboxylic acids is 2. The van der Waals surface area contributed by atoms with Crippen molar-refractivity contribution in [1.82, 2.24) is 15.6 Å². The van der Waals surface area contributed by atoms with Gasteiger partial charge in [0.15, 0.2) is 0 Å². The second-order valence-corrected chi connectivity index (χ2v) is 7.35. The summed E-state index contributed by atoms with van der Waals surface area (Å²) in [6.07, 6.45) is -8.45. The number of nitrogens with one attached hydrogen (secondary N) is 2. The summed E-state index contributed by atoms with van der Waals surface area (Å²) in [7, 11) is 1.10. The van der Waals surface area contributed by atoms with Crippen molar-refractivity contribution in [2.45, 2.75) is 38.3 Å². The molecule has 2 aromatic rings. The molecule has 0 saturated carbocycles. The van der Waals surface area contributed by atoms with Gasteiger partial charge in [0.25, 0.3) is 0 Å². The lowest BCUT2D eigenvalue weighted by atomic mass is 9.97. The van der Waals surface area contributed by atoms with Gasteiger partial charge < -0.3 is 15.4 Å². The summed E-state index contributed by atoms with van der Waals surface area (Å²) in [6, 6.07) is 1.32. The van der Waals surface area contributed by atoms with Crippen molar-refractivity contribution in [3.05, 3.63) is 65.0 Å². The van der Waals surface area contributed by atoms with Gasteiger partial charge in [0.05, 0.1) is 30.0 Å². The van der Waals surface area contributed by atoms with E-state index in [1.807, 2.05) is 0 Å². The molecule has 0 saturated heterocycles. The molecule has 2 N–H and O–H groups in total. The number of alkyl halides is 6. The van der Waals surface area contributed by atoms with Crippen molar-refractivity contribution >= 4 is 12.0 Å². The Labute approximate surface area is 185 Å². The van der Waals surface area contributed by atoms with Crippen LogP contribution in [0.25, 0.3) is 0 Å². The van der Waals surface area contributed by atoms with E-state index in [9.17, 15) is 35.9 Å². The lowest BCUT2D eigenvalue weighted by Crippen LogP contribution is -2.50. The summed E-state index contributed by atoms with van der Waals surface area (Å²) in [6.45, 7) is 3.21. The van der Waals surface area contributed by atoms with Crippen LogP contribution in [0.5, 0.6) is 0 Å². The molecule has 0 aliphatic carbocycles. The molecule has 33 heavy (non-hydrogen) atoms. The fourth-order valence-electron chi connectivity index (χ4n) is 3.00. The van der Waals surface area contributed by atoms with Crippen molar-refractivity contribution in [1.29, 1.82) is 0 Å². The molecule has 1 aromatic carbocycles. The number of carbonyl (C=O) groups is 2. The predicted molar refractivity (Wildman–Crippen MR) is 105 cm³/mol. The third-order valence-corrected chi connectivity index (χ3v) is 4.67. The number of methoxy groups -OCH3 is 1. The number of urea groups is 1. The van der Waals surface area contributed by atoms with Gasteiger partial charge in [0.2, 0.25) is 0 Å². The second kappa shape index (κ2) is 10.1. The number of ether oxygens (including phenoxy) is 1. The highest BCUT2D eigenvalue weighted by Gasteiger charge is 2.38. The third-order valence-electron chi connectivity index (χ3n) is 4.67. The Morgan fingerprint density at radius 3 is 2.03 bits per heavy atom. The zero-order valence-corrected chi connectivity index (χ0v) is 17.7. The molecule has 2 rings (SSSR count). The van der Waals surface area contributed by atoms with E-state index in [0.29, 0.717) is 12.1 Å². The summed E-state index contributed by atoms with van der Waals surface area (Å²) < 4.78 is 84.1. The first-order valence-corrected chi connectivity index (χ1v) is 9.59. The molecular formula is C21H21F6N3O3. The van der Waals surface area contributed by atoms with Crippen molar-refractivity contribution in [3.8, 4) is 0 Å². The molecule has 0 radical (unpaired) electrons. The van der Waals surface area contributed by atoms with E-state index in [-0.39, 0.29) is 5.56 Å². The molecule has 12 heteroatoms. The standard InChI is InChI=1S/C21H21F6N3O3/c1-11(2)15(18(31)33-3)29-19(32)30-16(12-6-8-13(9-7-12)20(22,23)24)17-14(21(25,26)27)5-4-10-28-17/h4-11,15-16H,1-3H3,(H2,29,30,32)/t15?,16-/m0/s1. The lowest BCUT2D eigenvalue weighted by molar-refractivity contribution is -0.144. The minimum absolute atomic E-state index is 0.0819. The van der Waals surface area contributed by atoms with Crippen LogP contribution in [-0.4, -0.2) is 30.1 Å². The van der Waals surface area contributed by atoms with E-state index in [1.165, 1.54) is 0 Å². The Kier molecular flexibility index (Phi) is 7.93. The first kappa shape index (κ1) is 25.9. The Balaban J connectivity index is 2.49. The summed E-state index contributed by atoms with van der Waals surface area (Å²) in [5.41, 5.74) is -2.90. The van der Waals surface area contributed by atoms with E-state index in [2.05, 4.69) is 20.4 Å². The Hall–Kier alpha value is -3.31. The van der Waals surface area contributed by atoms with Gasteiger partial charge in [-0.15, -0.1) is 0 Å². The van der Waals surface area contributed by atoms with Crippen LogP contribution in [0.4, 0.5) is 31.1 Å². The van der Waals surface area contributed by atoms with Crippen LogP contribution in [0.1, 0.15) is 42.3 Å². The maximum absolute atomic E-state index is 13.6. The fraction of sp³-hybridized carbons (Fsp3) is 0.381. The van der Waals surface area contributed by atoms with Crippen LogP contribution in [0, 0.1) is 5.92 Å². The molecule has 0 aliphatic rings. The van der Waals surface area contributed by atoms with E-state index in [1.54, 1.807) is 13.8 Å². The first-order valence-electron chi connectivity index (χ1n) is 9.59. The van der Waals surface area contributed by atoms with Crippen molar-refractivity contribution in [3.63, 3.8) is 0 Å². The number of halogens is 6. The van der Waals surface area contributed by atoms with Gasteiger partial charge in [-0.25, -0.2) is 9.59 Å². The van der Waals surface area contributed by atoms with Crippen molar-refractivity contribution in [2.75, 3.05) is 7.11 Å². The van der Waals surface area contributed by atoms with Crippen LogP contribution in [0.3, 0.4) is 0 Å². The van der Waals surface area contributed by atoms with Gasteiger partial charge in [-0.05, 0) is 35.7 Å². The molecule has 1 heterocycles. The molecule has 0 aliphatic heterocycles. The Morgan fingerprint density at radius 1 is 0.939 bits per heavy atom. The zero-order chi connectivity index (χ0) is 25.0. The zero-order valence-electron chi connectivity index (χ0n) is 17.7. The second-order valence-electron chi connectivity index (χ2n) is 7.35. The van der Waals surface area contributed by atoms with Crippen LogP contribution in [0.15, 0.2) is 42.6 Å². The minimum Gasteiger partial charge on any atom is -0.467 e. The average Bonchev–Trinajstić information content (AvgIpc) is 2.74. The SMILES string of the molecule is COC(=O)C(NC(=O)N[C@@H](c1ccc(C(F)(F)F)cc1)c1ncccc1C(F)(F)F)C(C)C. The van der Waals surface area contributed by atoms with E-state index < -0.39 is 59.2 Å². The maximum Gasteiger partial charge on any atom is 0.418 e. The highest BCUT2D eigenvalue weighted by atomic mass is 19.4. The number of aromatic nitrogens is 1. The average molecular weight is 477 g/mol. The number of benzene rings is 1. The number of hydrogen-bond donors (Lipinski definition) is 2. The molecule has 0 spiro atoms. The molecule has 6 nitrogen and oxygen atoms in total. The van der Waals surface area contributed by atoms with E-state index >= 15 is 0 Å². The van der Waals surface area contributed by atoms with Gasteiger partial charge in [0.1, 0.15) is 6.04 Å². The summed E-state index contributed by atoms with van der Waals surface area (Å²) >= 11 is 0. The fourth-order valence-corrected chi connectivity index (χ4v) is 3.00. The maximum atomic E-state index is 13.6. The molecule has 0 fully saturated rings. The van der Waals surface area contributed by atoms with Crippen molar-refractivity contribution < 1.29 is 40.7 Å². The van der Waals surface area contributed by atoms with Gasteiger partial charge >= 0.3 is 24.4 Å². The van der Waals surface area contributed by atoms with E-state index in [4.69, 9.17) is 0 Å². The van der Waals surface area contributed by atoms with Crippen LogP contribution >= 0.6 is 0 Å². The summed E-state index contributed by atoms with van der Waals surface area (Å²) in [5, 5.41) is 4.60. The third kappa shape index (κ3) is 6.59. The number of pyridine rings is 1. The van der Waals surface area contributed by atoms with Gasteiger partial charge in [-0.3, -0.25) is 4.98 Å². The van der Waals surface area contributed by atoms with Crippen LogP contribution in [0.2, 0.25) is 0 Å². The van der Waals surface area contributed by atoms with Gasteiger partial charge in [-0.1, -0.05) is 26.0 Å². The number of esters is 1. The van der Waals surface area contributed by atoms with Gasteiger partial charge in [0, 0.05) is 6.20 Å².